The van der Waals surface area contributed by atoms with Crippen molar-refractivity contribution in [2.75, 3.05) is 18.0 Å². The lowest BCUT2D eigenvalue weighted by atomic mass is 10.0. The van der Waals surface area contributed by atoms with Crippen LogP contribution in [-0.4, -0.2) is 30.5 Å². The predicted octanol–water partition coefficient (Wildman–Crippen LogP) is 1.80. The number of nitrogens with zero attached hydrogens (tertiary/aromatic N) is 2. The molecule has 4 nitrogen and oxygen atoms in total. The minimum Gasteiger partial charge on any atom is -0.481 e. The van der Waals surface area contributed by atoms with Gasteiger partial charge in [0, 0.05) is 12.2 Å². The van der Waals surface area contributed by atoms with Crippen molar-refractivity contribution in [1.82, 2.24) is 0 Å². The highest BCUT2D eigenvalue weighted by Gasteiger charge is 2.13. The molecule has 1 aliphatic rings. The third-order valence-electron chi connectivity index (χ3n) is 2.90. The van der Waals surface area contributed by atoms with Crippen molar-refractivity contribution >= 4 is 18.0 Å². The van der Waals surface area contributed by atoms with Gasteiger partial charge in [-0.15, -0.1) is 0 Å². The van der Waals surface area contributed by atoms with Gasteiger partial charge in [-0.3, -0.25) is 9.79 Å². The summed E-state index contributed by atoms with van der Waals surface area (Å²) >= 11 is 0. The molecule has 17 heavy (non-hydrogen) atoms. The number of hydrogen-bond acceptors (Lipinski definition) is 3. The number of carboxylic acid groups (broad SMARTS) is 1. The molecule has 0 aromatic heterocycles. The molecular weight excluding hydrogens is 216 g/mol. The minimum atomic E-state index is -0.752. The van der Waals surface area contributed by atoms with Crippen LogP contribution in [0.3, 0.4) is 0 Å². The molecule has 1 unspecified atom stereocenters. The second-order valence-electron chi connectivity index (χ2n) is 4.33. The molecule has 1 aromatic rings. The predicted molar refractivity (Wildman–Crippen MR) is 67.7 cm³/mol. The lowest BCUT2D eigenvalue weighted by molar-refractivity contribution is -0.141. The number of carboxylic acids is 1. The molecule has 1 N–H and O–H groups in total. The van der Waals surface area contributed by atoms with E-state index in [1.165, 1.54) is 0 Å². The Balaban J connectivity index is 2.11. The van der Waals surface area contributed by atoms with Crippen LogP contribution < -0.4 is 4.90 Å². The summed E-state index contributed by atoms with van der Waals surface area (Å²) in [7, 11) is 0. The first-order valence-corrected chi connectivity index (χ1v) is 5.75. The molecule has 4 heteroatoms. The summed E-state index contributed by atoms with van der Waals surface area (Å²) in [4.78, 5) is 17.1. The smallest absolute Gasteiger partial charge is 0.306 e. The van der Waals surface area contributed by atoms with Crippen molar-refractivity contribution in [3.8, 4) is 0 Å². The molecule has 0 saturated carbocycles. The van der Waals surface area contributed by atoms with Crippen LogP contribution in [0.4, 0.5) is 5.69 Å². The maximum Gasteiger partial charge on any atom is 0.306 e. The van der Waals surface area contributed by atoms with Crippen LogP contribution in [-0.2, 0) is 11.2 Å². The van der Waals surface area contributed by atoms with Crippen molar-refractivity contribution in [2.24, 2.45) is 10.9 Å². The SMILES string of the molecule is CC(Cc1cccc(N2C=NCC2)c1)C(=O)O. The molecule has 90 valence electrons. The molecular formula is C13H16N2O2. The number of anilines is 1. The number of benzene rings is 1. The van der Waals surface area contributed by atoms with Crippen LogP contribution >= 0.6 is 0 Å². The normalized spacial score (nSPS) is 16.2. The van der Waals surface area contributed by atoms with Crippen molar-refractivity contribution in [3.05, 3.63) is 29.8 Å². The van der Waals surface area contributed by atoms with Gasteiger partial charge in [0.15, 0.2) is 0 Å². The van der Waals surface area contributed by atoms with Crippen LogP contribution in [0.2, 0.25) is 0 Å². The topological polar surface area (TPSA) is 52.9 Å². The number of aliphatic carboxylic acids is 1. The lowest BCUT2D eigenvalue weighted by Crippen LogP contribution is -2.18. The molecule has 0 radical (unpaired) electrons. The zero-order valence-corrected chi connectivity index (χ0v) is 9.84. The molecule has 0 bridgehead atoms. The van der Waals surface area contributed by atoms with Crippen LogP contribution in [0, 0.1) is 5.92 Å². The Hall–Kier alpha value is -1.84. The first-order valence-electron chi connectivity index (χ1n) is 5.75. The number of aliphatic imine (C=N–C) groups is 1. The van der Waals surface area contributed by atoms with Gasteiger partial charge in [0.25, 0.3) is 0 Å². The van der Waals surface area contributed by atoms with E-state index < -0.39 is 5.97 Å². The van der Waals surface area contributed by atoms with Gasteiger partial charge in [-0.2, -0.15) is 0 Å². The molecule has 0 fully saturated rings. The summed E-state index contributed by atoms with van der Waals surface area (Å²) < 4.78 is 0. The van der Waals surface area contributed by atoms with Crippen molar-refractivity contribution in [2.45, 2.75) is 13.3 Å². The highest BCUT2D eigenvalue weighted by Crippen LogP contribution is 2.18. The second kappa shape index (κ2) is 4.99. The van der Waals surface area contributed by atoms with Crippen LogP contribution in [0.25, 0.3) is 0 Å². The second-order valence-corrected chi connectivity index (χ2v) is 4.33. The maximum atomic E-state index is 10.8. The highest BCUT2D eigenvalue weighted by molar-refractivity contribution is 5.81. The Morgan fingerprint density at radius 2 is 2.41 bits per heavy atom. The van der Waals surface area contributed by atoms with Crippen LogP contribution in [0.5, 0.6) is 0 Å². The van der Waals surface area contributed by atoms with E-state index in [1.807, 2.05) is 30.6 Å². The van der Waals surface area contributed by atoms with E-state index in [0.29, 0.717) is 6.42 Å². The fourth-order valence-electron chi connectivity index (χ4n) is 1.88. The summed E-state index contributed by atoms with van der Waals surface area (Å²) in [6, 6.07) is 7.99. The number of carbonyl (C=O) groups is 1. The summed E-state index contributed by atoms with van der Waals surface area (Å²) in [5.41, 5.74) is 2.14. The summed E-state index contributed by atoms with van der Waals surface area (Å²) in [5.74, 6) is -1.10. The van der Waals surface area contributed by atoms with Crippen molar-refractivity contribution in [3.63, 3.8) is 0 Å². The molecule has 0 aliphatic carbocycles. The molecule has 0 spiro atoms. The van der Waals surface area contributed by atoms with Gasteiger partial charge in [0.1, 0.15) is 0 Å². The Morgan fingerprint density at radius 3 is 3.06 bits per heavy atom. The van der Waals surface area contributed by atoms with E-state index in [2.05, 4.69) is 9.89 Å². The summed E-state index contributed by atoms with van der Waals surface area (Å²) in [6.07, 6.45) is 2.40. The maximum absolute atomic E-state index is 10.8. The quantitative estimate of drug-likeness (QED) is 0.861. The van der Waals surface area contributed by atoms with Gasteiger partial charge in [-0.25, -0.2) is 0 Å². The lowest BCUT2D eigenvalue weighted by Gasteiger charge is -2.15. The van der Waals surface area contributed by atoms with Gasteiger partial charge >= 0.3 is 5.97 Å². The zero-order chi connectivity index (χ0) is 12.3. The molecule has 0 saturated heterocycles. The van der Waals surface area contributed by atoms with E-state index in [-0.39, 0.29) is 5.92 Å². The highest BCUT2D eigenvalue weighted by atomic mass is 16.4. The van der Waals surface area contributed by atoms with Gasteiger partial charge in [-0.1, -0.05) is 19.1 Å². The number of hydrogen-bond donors (Lipinski definition) is 1. The number of rotatable bonds is 4. The van der Waals surface area contributed by atoms with Gasteiger partial charge < -0.3 is 10.0 Å². The molecule has 1 heterocycles. The van der Waals surface area contributed by atoms with Gasteiger partial charge in [0.2, 0.25) is 0 Å². The van der Waals surface area contributed by atoms with Crippen molar-refractivity contribution in [1.29, 1.82) is 0 Å². The molecule has 2 rings (SSSR count). The average molecular weight is 232 g/mol. The monoisotopic (exact) mass is 232 g/mol. The van der Waals surface area contributed by atoms with E-state index in [4.69, 9.17) is 5.11 Å². The fraction of sp³-hybridized carbons (Fsp3) is 0.385. The van der Waals surface area contributed by atoms with Crippen molar-refractivity contribution < 1.29 is 9.90 Å². The molecule has 1 aromatic carbocycles. The summed E-state index contributed by atoms with van der Waals surface area (Å²) in [5, 5.41) is 8.89. The molecule has 1 aliphatic heterocycles. The fourth-order valence-corrected chi connectivity index (χ4v) is 1.88. The minimum absolute atomic E-state index is 0.350. The average Bonchev–Trinajstić information content (AvgIpc) is 2.82. The van der Waals surface area contributed by atoms with Gasteiger partial charge in [-0.05, 0) is 24.1 Å². The molecule has 1 atom stereocenters. The molecule has 0 amide bonds. The Morgan fingerprint density at radius 1 is 1.59 bits per heavy atom. The van der Waals surface area contributed by atoms with E-state index >= 15 is 0 Å². The van der Waals surface area contributed by atoms with Crippen LogP contribution in [0.1, 0.15) is 12.5 Å². The van der Waals surface area contributed by atoms with E-state index in [0.717, 1.165) is 24.3 Å². The Bertz CT molecular complexity index is 443. The summed E-state index contributed by atoms with van der Waals surface area (Å²) in [6.45, 7) is 3.46. The van der Waals surface area contributed by atoms with Crippen LogP contribution in [0.15, 0.2) is 29.3 Å². The van der Waals surface area contributed by atoms with E-state index in [1.54, 1.807) is 6.92 Å². The van der Waals surface area contributed by atoms with E-state index in [9.17, 15) is 4.79 Å². The third kappa shape index (κ3) is 2.84. The standard InChI is InChI=1S/C13H16N2O2/c1-10(13(16)17)7-11-3-2-4-12(8-11)15-6-5-14-9-15/h2-4,8-10H,5-7H2,1H3,(H,16,17). The zero-order valence-electron chi connectivity index (χ0n) is 9.84. The van der Waals surface area contributed by atoms with Gasteiger partial charge in [0.05, 0.1) is 18.8 Å². The first kappa shape index (κ1) is 11.6. The third-order valence-corrected chi connectivity index (χ3v) is 2.90. The Kier molecular flexibility index (Phi) is 3.42. The first-order chi connectivity index (χ1) is 8.16. The Labute approximate surface area is 101 Å². The largest absolute Gasteiger partial charge is 0.481 e.